The van der Waals surface area contributed by atoms with E-state index in [0.29, 0.717) is 0 Å². The third-order valence-corrected chi connectivity index (χ3v) is 4.71. The number of anilines is 2. The molecule has 0 fully saturated rings. The molecular formula is C14H9Br2ClF2N2O4. The molecule has 0 aliphatic carbocycles. The zero-order valence-electron chi connectivity index (χ0n) is 12.0. The Morgan fingerprint density at radius 2 is 1.44 bits per heavy atom. The summed E-state index contributed by atoms with van der Waals surface area (Å²) in [5, 5.41) is 17.1. The van der Waals surface area contributed by atoms with E-state index >= 15 is 0 Å². The summed E-state index contributed by atoms with van der Waals surface area (Å²) in [5.74, 6) is -4.15. The fourth-order valence-corrected chi connectivity index (χ4v) is 2.40. The molecule has 0 aliphatic rings. The molecule has 2 aromatic carbocycles. The maximum absolute atomic E-state index is 13.1. The highest BCUT2D eigenvalue weighted by Crippen LogP contribution is 2.31. The quantitative estimate of drug-likeness (QED) is 0.356. The van der Waals surface area contributed by atoms with E-state index in [1.54, 1.807) is 0 Å². The smallest absolute Gasteiger partial charge is 0.337 e. The summed E-state index contributed by atoms with van der Waals surface area (Å²) in [5.41, 5.74) is 9.06. The summed E-state index contributed by atoms with van der Waals surface area (Å²) in [7, 11) is 0. The Bertz CT molecular complexity index is 865. The van der Waals surface area contributed by atoms with Crippen LogP contribution in [0.15, 0.2) is 27.1 Å². The zero-order chi connectivity index (χ0) is 19.5. The van der Waals surface area contributed by atoms with E-state index in [1.165, 1.54) is 12.1 Å². The van der Waals surface area contributed by atoms with E-state index < -0.39 is 29.3 Å². The van der Waals surface area contributed by atoms with Gasteiger partial charge in [0.05, 0.1) is 36.5 Å². The van der Waals surface area contributed by atoms with Gasteiger partial charge in [0, 0.05) is 0 Å². The largest absolute Gasteiger partial charge is 0.478 e. The van der Waals surface area contributed by atoms with Gasteiger partial charge in [-0.15, -0.1) is 0 Å². The molecule has 0 saturated heterocycles. The summed E-state index contributed by atoms with van der Waals surface area (Å²) in [6, 6.07) is 3.63. The van der Waals surface area contributed by atoms with Crippen LogP contribution in [0.2, 0.25) is 5.02 Å². The number of carbonyl (C=O) groups is 2. The van der Waals surface area contributed by atoms with Crippen LogP contribution in [0.4, 0.5) is 20.2 Å². The summed E-state index contributed by atoms with van der Waals surface area (Å²) < 4.78 is 26.1. The first-order chi connectivity index (χ1) is 11.5. The fourth-order valence-electron chi connectivity index (χ4n) is 1.54. The standard InChI is InChI=1S/C7H4BrClFNO2.C7H5BrFNO2/c8-4-3(9)1-2(7(12)13)6(11)5(4)10;8-4-2-1-3(7(11)12)6(10)5(4)9/h1H,11H2,(H,12,13);1-2H,10H2,(H,11,12). The molecule has 0 saturated carbocycles. The van der Waals surface area contributed by atoms with Crippen molar-refractivity contribution < 1.29 is 28.6 Å². The Labute approximate surface area is 161 Å². The second-order valence-corrected chi connectivity index (χ2v) is 6.44. The minimum Gasteiger partial charge on any atom is -0.478 e. The van der Waals surface area contributed by atoms with Gasteiger partial charge in [0.1, 0.15) is 0 Å². The Balaban J connectivity index is 0.000000251. The Kier molecular flexibility index (Phi) is 7.15. The van der Waals surface area contributed by atoms with Crippen LogP contribution in [0.25, 0.3) is 0 Å². The topological polar surface area (TPSA) is 127 Å². The summed E-state index contributed by atoms with van der Waals surface area (Å²) in [6.45, 7) is 0. The summed E-state index contributed by atoms with van der Waals surface area (Å²) >= 11 is 11.2. The Hall–Kier alpha value is -1.91. The Morgan fingerprint density at radius 3 is 1.92 bits per heavy atom. The number of aromatic carboxylic acids is 2. The Morgan fingerprint density at radius 1 is 0.960 bits per heavy atom. The molecule has 0 spiro atoms. The minimum atomic E-state index is -1.31. The fraction of sp³-hybridized carbons (Fsp3) is 0. The molecule has 134 valence electrons. The van der Waals surface area contributed by atoms with Crippen LogP contribution in [0.5, 0.6) is 0 Å². The average molecular weight is 502 g/mol. The predicted molar refractivity (Wildman–Crippen MR) is 96.0 cm³/mol. The number of rotatable bonds is 2. The molecule has 6 nitrogen and oxygen atoms in total. The van der Waals surface area contributed by atoms with Crippen molar-refractivity contribution in [1.29, 1.82) is 0 Å². The van der Waals surface area contributed by atoms with Crippen molar-refractivity contribution in [3.05, 3.63) is 54.9 Å². The molecule has 0 aliphatic heterocycles. The van der Waals surface area contributed by atoms with E-state index in [9.17, 15) is 18.4 Å². The van der Waals surface area contributed by atoms with Crippen molar-refractivity contribution in [3.63, 3.8) is 0 Å². The molecule has 2 aromatic rings. The van der Waals surface area contributed by atoms with Crippen LogP contribution in [0.3, 0.4) is 0 Å². The normalized spacial score (nSPS) is 9.96. The molecular weight excluding hydrogens is 493 g/mol. The van der Waals surface area contributed by atoms with Gasteiger partial charge in [-0.25, -0.2) is 18.4 Å². The zero-order valence-corrected chi connectivity index (χ0v) is 15.9. The number of benzene rings is 2. The van der Waals surface area contributed by atoms with Crippen LogP contribution in [0.1, 0.15) is 20.7 Å². The van der Waals surface area contributed by atoms with Crippen molar-refractivity contribution in [2.24, 2.45) is 0 Å². The molecule has 0 atom stereocenters. The second-order valence-electron chi connectivity index (χ2n) is 4.38. The highest BCUT2D eigenvalue weighted by atomic mass is 79.9. The first-order valence-electron chi connectivity index (χ1n) is 6.12. The van der Waals surface area contributed by atoms with E-state index in [2.05, 4.69) is 31.9 Å². The monoisotopic (exact) mass is 500 g/mol. The van der Waals surface area contributed by atoms with E-state index in [0.717, 1.165) is 6.07 Å². The molecule has 2 rings (SSSR count). The average Bonchev–Trinajstić information content (AvgIpc) is 2.54. The van der Waals surface area contributed by atoms with E-state index in [1.807, 2.05) is 0 Å². The minimum absolute atomic E-state index is 0.0240. The summed E-state index contributed by atoms with van der Waals surface area (Å²) in [4.78, 5) is 20.9. The number of carboxylic acid groups (broad SMARTS) is 2. The highest BCUT2D eigenvalue weighted by molar-refractivity contribution is 9.10. The van der Waals surface area contributed by atoms with Crippen molar-refractivity contribution in [1.82, 2.24) is 0 Å². The van der Waals surface area contributed by atoms with Crippen LogP contribution >= 0.6 is 43.5 Å². The molecule has 0 unspecified atom stereocenters. The third-order valence-electron chi connectivity index (χ3n) is 2.79. The molecule has 0 aromatic heterocycles. The number of nitrogens with two attached hydrogens (primary N) is 2. The van der Waals surface area contributed by atoms with Crippen LogP contribution in [-0.4, -0.2) is 22.2 Å². The van der Waals surface area contributed by atoms with Crippen molar-refractivity contribution in [2.75, 3.05) is 11.5 Å². The first kappa shape index (κ1) is 21.1. The number of halogens is 5. The van der Waals surface area contributed by atoms with Gasteiger partial charge in [0.2, 0.25) is 0 Å². The first-order valence-corrected chi connectivity index (χ1v) is 8.08. The van der Waals surface area contributed by atoms with Gasteiger partial charge in [-0.1, -0.05) is 11.6 Å². The van der Waals surface area contributed by atoms with E-state index in [-0.39, 0.29) is 30.8 Å². The SMILES string of the molecule is Nc1c(C(=O)O)cc(Cl)c(Br)c1F.Nc1c(C(=O)O)ccc(Br)c1F. The van der Waals surface area contributed by atoms with Gasteiger partial charge >= 0.3 is 11.9 Å². The van der Waals surface area contributed by atoms with Crippen molar-refractivity contribution in [2.45, 2.75) is 0 Å². The van der Waals surface area contributed by atoms with Gasteiger partial charge in [-0.05, 0) is 50.1 Å². The molecule has 0 radical (unpaired) electrons. The van der Waals surface area contributed by atoms with Crippen molar-refractivity contribution in [3.8, 4) is 0 Å². The lowest BCUT2D eigenvalue weighted by molar-refractivity contribution is 0.0686. The maximum Gasteiger partial charge on any atom is 0.337 e. The van der Waals surface area contributed by atoms with Crippen molar-refractivity contribution >= 4 is 66.8 Å². The van der Waals surface area contributed by atoms with Crippen LogP contribution < -0.4 is 11.5 Å². The molecule has 0 bridgehead atoms. The second kappa shape index (κ2) is 8.45. The molecule has 6 N–H and O–H groups in total. The van der Waals surface area contributed by atoms with Gasteiger partial charge < -0.3 is 21.7 Å². The lowest BCUT2D eigenvalue weighted by atomic mass is 10.2. The highest BCUT2D eigenvalue weighted by Gasteiger charge is 2.17. The lowest BCUT2D eigenvalue weighted by Crippen LogP contribution is -2.05. The van der Waals surface area contributed by atoms with Crippen LogP contribution in [0, 0.1) is 11.6 Å². The van der Waals surface area contributed by atoms with Crippen LogP contribution in [-0.2, 0) is 0 Å². The lowest BCUT2D eigenvalue weighted by Gasteiger charge is -2.05. The number of carboxylic acids is 2. The van der Waals surface area contributed by atoms with Gasteiger partial charge in [0.15, 0.2) is 11.6 Å². The molecule has 0 heterocycles. The van der Waals surface area contributed by atoms with Gasteiger partial charge in [-0.2, -0.15) is 0 Å². The summed E-state index contributed by atoms with van der Waals surface area (Å²) in [6.07, 6.45) is 0. The molecule has 25 heavy (non-hydrogen) atoms. The maximum atomic E-state index is 13.1. The van der Waals surface area contributed by atoms with Gasteiger partial charge in [-0.3, -0.25) is 0 Å². The number of hydrogen-bond acceptors (Lipinski definition) is 4. The predicted octanol–water partition coefficient (Wildman–Crippen LogP) is 4.39. The molecule has 0 amide bonds. The number of nitrogen functional groups attached to an aromatic ring is 2. The number of hydrogen-bond donors (Lipinski definition) is 4. The van der Waals surface area contributed by atoms with E-state index in [4.69, 9.17) is 33.3 Å². The third kappa shape index (κ3) is 4.80. The molecule has 11 heteroatoms. The van der Waals surface area contributed by atoms with Gasteiger partial charge in [0.25, 0.3) is 0 Å².